The summed E-state index contributed by atoms with van der Waals surface area (Å²) in [6.07, 6.45) is -1.31. The van der Waals surface area contributed by atoms with Crippen LogP contribution in [0, 0.1) is 0 Å². The van der Waals surface area contributed by atoms with Gasteiger partial charge in [0.25, 0.3) is 0 Å². The van der Waals surface area contributed by atoms with Crippen LogP contribution < -0.4 is 11.4 Å². The van der Waals surface area contributed by atoms with Gasteiger partial charge >= 0.3 is 11.9 Å². The molecule has 0 heterocycles. The predicted octanol–water partition coefficient (Wildman–Crippen LogP) is -1.39. The lowest BCUT2D eigenvalue weighted by Gasteiger charge is -2.08. The molecule has 14 heavy (non-hydrogen) atoms. The van der Waals surface area contributed by atoms with Crippen LogP contribution in [0.4, 0.5) is 0 Å². The van der Waals surface area contributed by atoms with Gasteiger partial charge in [-0.2, -0.15) is 11.4 Å². The molecular formula is C7H14N2O5. The van der Waals surface area contributed by atoms with Gasteiger partial charge < -0.3 is 14.8 Å². The number of carbonyl (C=O) groups is 2. The highest BCUT2D eigenvalue weighted by atomic mass is 16.7. The SMILES string of the molecule is CCCNOC(=O)C(O)CC(=O)ON. The minimum Gasteiger partial charge on any atom is -0.381 e. The van der Waals surface area contributed by atoms with Crippen LogP contribution in [0.5, 0.6) is 0 Å². The molecule has 0 rings (SSSR count). The Morgan fingerprint density at radius 1 is 1.57 bits per heavy atom. The van der Waals surface area contributed by atoms with Crippen LogP contribution in [0.25, 0.3) is 0 Å². The zero-order chi connectivity index (χ0) is 11.0. The maximum Gasteiger partial charge on any atom is 0.354 e. The third-order valence-electron chi connectivity index (χ3n) is 1.29. The lowest BCUT2D eigenvalue weighted by molar-refractivity contribution is -0.166. The van der Waals surface area contributed by atoms with E-state index in [9.17, 15) is 9.59 Å². The first-order valence-corrected chi connectivity index (χ1v) is 4.13. The number of aliphatic hydroxyl groups excluding tert-OH is 1. The zero-order valence-corrected chi connectivity index (χ0v) is 7.86. The van der Waals surface area contributed by atoms with Crippen LogP contribution in [0.3, 0.4) is 0 Å². The Hall–Kier alpha value is -1.18. The number of nitrogens with one attached hydrogen (secondary N) is 1. The predicted molar refractivity (Wildman–Crippen MR) is 45.3 cm³/mol. The average molecular weight is 206 g/mol. The summed E-state index contributed by atoms with van der Waals surface area (Å²) in [6.45, 7) is 2.35. The topological polar surface area (TPSA) is 111 Å². The van der Waals surface area contributed by atoms with Gasteiger partial charge in [0.1, 0.15) is 0 Å². The molecule has 0 bridgehead atoms. The van der Waals surface area contributed by atoms with Crippen molar-refractivity contribution in [1.29, 1.82) is 0 Å². The fourth-order valence-corrected chi connectivity index (χ4v) is 0.582. The van der Waals surface area contributed by atoms with Gasteiger partial charge in [-0.1, -0.05) is 6.92 Å². The van der Waals surface area contributed by atoms with Crippen LogP contribution in [-0.2, 0) is 19.3 Å². The normalized spacial score (nSPS) is 11.9. The third kappa shape index (κ3) is 5.46. The van der Waals surface area contributed by atoms with Gasteiger partial charge in [0, 0.05) is 6.54 Å². The smallest absolute Gasteiger partial charge is 0.354 e. The van der Waals surface area contributed by atoms with Crippen molar-refractivity contribution in [3.05, 3.63) is 0 Å². The lowest BCUT2D eigenvalue weighted by Crippen LogP contribution is -2.32. The molecule has 0 aromatic carbocycles. The van der Waals surface area contributed by atoms with E-state index in [0.29, 0.717) is 6.54 Å². The first-order valence-electron chi connectivity index (χ1n) is 4.13. The minimum atomic E-state index is -1.56. The molecule has 0 aliphatic carbocycles. The van der Waals surface area contributed by atoms with E-state index in [2.05, 4.69) is 21.1 Å². The number of hydrogen-bond acceptors (Lipinski definition) is 7. The maximum absolute atomic E-state index is 10.9. The van der Waals surface area contributed by atoms with Crippen LogP contribution >= 0.6 is 0 Å². The third-order valence-corrected chi connectivity index (χ3v) is 1.29. The summed E-state index contributed by atoms with van der Waals surface area (Å²) in [5.74, 6) is 2.69. The number of hydroxylamine groups is 1. The standard InChI is InChI=1S/C7H14N2O5/c1-2-3-9-14-7(12)5(10)4-6(11)13-8/h5,9-10H,2-4,8H2,1H3. The number of aliphatic hydroxyl groups is 1. The summed E-state index contributed by atoms with van der Waals surface area (Å²) in [6, 6.07) is 0. The molecule has 0 aliphatic rings. The molecular weight excluding hydrogens is 192 g/mol. The zero-order valence-electron chi connectivity index (χ0n) is 7.86. The van der Waals surface area contributed by atoms with E-state index in [1.165, 1.54) is 0 Å². The Labute approximate surface area is 81.1 Å². The molecule has 0 saturated carbocycles. The van der Waals surface area contributed by atoms with Gasteiger partial charge in [-0.05, 0) is 6.42 Å². The van der Waals surface area contributed by atoms with Crippen molar-refractivity contribution in [3.8, 4) is 0 Å². The van der Waals surface area contributed by atoms with Gasteiger partial charge in [0.2, 0.25) is 0 Å². The van der Waals surface area contributed by atoms with Crippen molar-refractivity contribution in [1.82, 2.24) is 5.48 Å². The van der Waals surface area contributed by atoms with Crippen molar-refractivity contribution < 1.29 is 24.4 Å². The lowest BCUT2D eigenvalue weighted by atomic mass is 10.3. The molecule has 7 nitrogen and oxygen atoms in total. The molecule has 7 heteroatoms. The number of hydrogen-bond donors (Lipinski definition) is 3. The Morgan fingerprint density at radius 3 is 2.71 bits per heavy atom. The van der Waals surface area contributed by atoms with E-state index in [1.54, 1.807) is 0 Å². The Bertz CT molecular complexity index is 197. The van der Waals surface area contributed by atoms with E-state index in [4.69, 9.17) is 5.11 Å². The van der Waals surface area contributed by atoms with E-state index >= 15 is 0 Å². The van der Waals surface area contributed by atoms with Crippen LogP contribution in [0.1, 0.15) is 19.8 Å². The molecule has 0 aromatic rings. The first-order chi connectivity index (χ1) is 6.61. The molecule has 0 aliphatic heterocycles. The summed E-state index contributed by atoms with van der Waals surface area (Å²) < 4.78 is 0. The highest BCUT2D eigenvalue weighted by molar-refractivity contribution is 5.81. The van der Waals surface area contributed by atoms with E-state index < -0.39 is 24.5 Å². The van der Waals surface area contributed by atoms with Crippen LogP contribution in [-0.4, -0.2) is 29.7 Å². The second kappa shape index (κ2) is 7.25. The van der Waals surface area contributed by atoms with Crippen LogP contribution in [0.2, 0.25) is 0 Å². The highest BCUT2D eigenvalue weighted by Gasteiger charge is 2.21. The molecule has 0 amide bonds. The van der Waals surface area contributed by atoms with Crippen molar-refractivity contribution in [2.24, 2.45) is 5.90 Å². The van der Waals surface area contributed by atoms with Gasteiger partial charge in [-0.15, -0.1) is 0 Å². The molecule has 0 saturated heterocycles. The Balaban J connectivity index is 3.70. The minimum absolute atomic E-state index is 0.472. The summed E-state index contributed by atoms with van der Waals surface area (Å²) in [5, 5.41) is 9.05. The van der Waals surface area contributed by atoms with E-state index in [0.717, 1.165) is 6.42 Å². The molecule has 0 radical (unpaired) electrons. The van der Waals surface area contributed by atoms with Crippen molar-refractivity contribution in [2.75, 3.05) is 6.54 Å². The maximum atomic E-state index is 10.9. The monoisotopic (exact) mass is 206 g/mol. The van der Waals surface area contributed by atoms with Gasteiger partial charge in [0.15, 0.2) is 6.10 Å². The van der Waals surface area contributed by atoms with Gasteiger partial charge in [-0.25, -0.2) is 4.79 Å². The Kier molecular flexibility index (Phi) is 6.63. The molecule has 82 valence electrons. The molecule has 4 N–H and O–H groups in total. The molecule has 1 atom stereocenters. The highest BCUT2D eigenvalue weighted by Crippen LogP contribution is 1.95. The van der Waals surface area contributed by atoms with Crippen molar-refractivity contribution in [3.63, 3.8) is 0 Å². The summed E-state index contributed by atoms with van der Waals surface area (Å²) in [5.41, 5.74) is 2.31. The average Bonchev–Trinajstić information content (AvgIpc) is 2.17. The van der Waals surface area contributed by atoms with Crippen LogP contribution in [0.15, 0.2) is 0 Å². The number of rotatable bonds is 6. The Morgan fingerprint density at radius 2 is 2.21 bits per heavy atom. The van der Waals surface area contributed by atoms with Gasteiger partial charge in [-0.3, -0.25) is 4.79 Å². The largest absolute Gasteiger partial charge is 0.381 e. The molecule has 0 spiro atoms. The quantitative estimate of drug-likeness (QED) is 0.362. The fourth-order valence-electron chi connectivity index (χ4n) is 0.582. The van der Waals surface area contributed by atoms with E-state index in [1.807, 2.05) is 6.92 Å². The second-order valence-corrected chi connectivity index (χ2v) is 2.53. The molecule has 0 fully saturated rings. The number of nitrogens with two attached hydrogens (primary N) is 1. The fraction of sp³-hybridized carbons (Fsp3) is 0.714. The van der Waals surface area contributed by atoms with E-state index in [-0.39, 0.29) is 0 Å². The molecule has 1 unspecified atom stereocenters. The second-order valence-electron chi connectivity index (χ2n) is 2.53. The molecule has 0 aromatic heterocycles. The van der Waals surface area contributed by atoms with Crippen molar-refractivity contribution in [2.45, 2.75) is 25.9 Å². The summed E-state index contributed by atoms with van der Waals surface area (Å²) in [7, 11) is 0. The van der Waals surface area contributed by atoms with Crippen molar-refractivity contribution >= 4 is 11.9 Å². The summed E-state index contributed by atoms with van der Waals surface area (Å²) >= 11 is 0. The van der Waals surface area contributed by atoms with Gasteiger partial charge in [0.05, 0.1) is 6.42 Å². The summed E-state index contributed by atoms with van der Waals surface area (Å²) in [4.78, 5) is 29.6. The number of carbonyl (C=O) groups excluding carboxylic acids is 2. The first kappa shape index (κ1) is 12.8.